The Morgan fingerprint density at radius 1 is 1.35 bits per heavy atom. The molecule has 1 aromatic rings. The van der Waals surface area contributed by atoms with Crippen LogP contribution >= 0.6 is 11.6 Å². The van der Waals surface area contributed by atoms with E-state index in [0.29, 0.717) is 16.8 Å². The molecule has 0 radical (unpaired) electrons. The molecule has 1 atom stereocenters. The van der Waals surface area contributed by atoms with Crippen LogP contribution in [0.3, 0.4) is 0 Å². The van der Waals surface area contributed by atoms with Crippen LogP contribution in [-0.2, 0) is 11.3 Å². The summed E-state index contributed by atoms with van der Waals surface area (Å²) < 4.78 is 15.9. The van der Waals surface area contributed by atoms with Crippen LogP contribution in [-0.4, -0.2) is 26.0 Å². The first-order chi connectivity index (χ1) is 8.33. The molecule has 1 fully saturated rings. The van der Waals surface area contributed by atoms with Crippen molar-refractivity contribution in [2.75, 3.05) is 20.0 Å². The zero-order chi connectivity index (χ0) is 11.7. The Balaban J connectivity index is 1.68. The molecule has 0 aliphatic carbocycles. The Hall–Kier alpha value is -0.970. The highest BCUT2D eigenvalue weighted by atomic mass is 35.5. The monoisotopic (exact) mass is 255 g/mol. The van der Waals surface area contributed by atoms with Gasteiger partial charge in [-0.3, -0.25) is 0 Å². The standard InChI is InChI=1S/C12H14ClNO3/c13-10-3-8(4-11-12(10)17-7-16-11)5-14-9-1-2-15-6-9/h3-4,9,14H,1-2,5-7H2. The van der Waals surface area contributed by atoms with Crippen molar-refractivity contribution < 1.29 is 14.2 Å². The fourth-order valence-electron chi connectivity index (χ4n) is 2.08. The summed E-state index contributed by atoms with van der Waals surface area (Å²) in [5.41, 5.74) is 1.10. The van der Waals surface area contributed by atoms with E-state index < -0.39 is 0 Å². The van der Waals surface area contributed by atoms with Gasteiger partial charge in [-0.15, -0.1) is 0 Å². The smallest absolute Gasteiger partial charge is 0.231 e. The molecule has 17 heavy (non-hydrogen) atoms. The van der Waals surface area contributed by atoms with E-state index in [1.165, 1.54) is 0 Å². The second-order valence-corrected chi connectivity index (χ2v) is 4.66. The summed E-state index contributed by atoms with van der Waals surface area (Å²) in [6.45, 7) is 2.66. The second kappa shape index (κ2) is 4.72. The summed E-state index contributed by atoms with van der Waals surface area (Å²) in [5.74, 6) is 1.39. The van der Waals surface area contributed by atoms with Crippen LogP contribution in [0.5, 0.6) is 11.5 Å². The van der Waals surface area contributed by atoms with Crippen LogP contribution in [0, 0.1) is 0 Å². The van der Waals surface area contributed by atoms with Crippen molar-refractivity contribution in [2.45, 2.75) is 19.0 Å². The highest BCUT2D eigenvalue weighted by Crippen LogP contribution is 2.39. The molecule has 0 spiro atoms. The number of hydrogen-bond acceptors (Lipinski definition) is 4. The van der Waals surface area contributed by atoms with Crippen molar-refractivity contribution in [3.63, 3.8) is 0 Å². The van der Waals surface area contributed by atoms with E-state index in [9.17, 15) is 0 Å². The van der Waals surface area contributed by atoms with Gasteiger partial charge in [0.15, 0.2) is 11.5 Å². The predicted octanol–water partition coefficient (Wildman–Crippen LogP) is 1.95. The number of nitrogens with one attached hydrogen (secondary N) is 1. The molecule has 2 aliphatic rings. The van der Waals surface area contributed by atoms with Crippen molar-refractivity contribution >= 4 is 11.6 Å². The molecule has 3 rings (SSSR count). The number of fused-ring (bicyclic) bond motifs is 1. The normalized spacial score (nSPS) is 22.1. The van der Waals surface area contributed by atoms with Crippen LogP contribution in [0.1, 0.15) is 12.0 Å². The molecule has 0 bridgehead atoms. The molecule has 0 saturated carbocycles. The summed E-state index contributed by atoms with van der Waals surface area (Å²) in [6.07, 6.45) is 1.07. The molecule has 1 saturated heterocycles. The van der Waals surface area contributed by atoms with Gasteiger partial charge in [0.25, 0.3) is 0 Å². The average molecular weight is 256 g/mol. The Bertz CT molecular complexity index is 418. The molecule has 1 aromatic carbocycles. The largest absolute Gasteiger partial charge is 0.454 e. The highest BCUT2D eigenvalue weighted by molar-refractivity contribution is 6.32. The van der Waals surface area contributed by atoms with Gasteiger partial charge in [0.2, 0.25) is 6.79 Å². The number of benzene rings is 1. The summed E-state index contributed by atoms with van der Waals surface area (Å²) in [7, 11) is 0. The molecule has 0 amide bonds. The Morgan fingerprint density at radius 2 is 2.29 bits per heavy atom. The van der Waals surface area contributed by atoms with E-state index in [1.807, 2.05) is 12.1 Å². The zero-order valence-electron chi connectivity index (χ0n) is 9.37. The predicted molar refractivity (Wildman–Crippen MR) is 63.6 cm³/mol. The summed E-state index contributed by atoms with van der Waals surface area (Å²) in [4.78, 5) is 0. The first-order valence-corrected chi connectivity index (χ1v) is 6.10. The van der Waals surface area contributed by atoms with E-state index in [4.69, 9.17) is 25.8 Å². The van der Waals surface area contributed by atoms with E-state index in [1.54, 1.807) is 0 Å². The average Bonchev–Trinajstić information content (AvgIpc) is 2.97. The quantitative estimate of drug-likeness (QED) is 0.896. The van der Waals surface area contributed by atoms with Gasteiger partial charge < -0.3 is 19.5 Å². The first kappa shape index (κ1) is 11.1. The van der Waals surface area contributed by atoms with Crippen LogP contribution in [0.2, 0.25) is 5.02 Å². The van der Waals surface area contributed by atoms with E-state index in [-0.39, 0.29) is 6.79 Å². The molecule has 4 nitrogen and oxygen atoms in total. The lowest BCUT2D eigenvalue weighted by Crippen LogP contribution is -2.28. The van der Waals surface area contributed by atoms with Crippen LogP contribution < -0.4 is 14.8 Å². The number of halogens is 1. The third-order valence-electron chi connectivity index (χ3n) is 3.01. The summed E-state index contributed by atoms with van der Waals surface area (Å²) in [6, 6.07) is 4.33. The van der Waals surface area contributed by atoms with E-state index in [0.717, 1.165) is 37.5 Å². The van der Waals surface area contributed by atoms with Gasteiger partial charge in [0.1, 0.15) is 0 Å². The van der Waals surface area contributed by atoms with Crippen molar-refractivity contribution in [2.24, 2.45) is 0 Å². The van der Waals surface area contributed by atoms with Gasteiger partial charge in [-0.05, 0) is 24.1 Å². The zero-order valence-corrected chi connectivity index (χ0v) is 10.1. The lowest BCUT2D eigenvalue weighted by atomic mass is 10.2. The van der Waals surface area contributed by atoms with Crippen molar-refractivity contribution in [1.29, 1.82) is 0 Å². The van der Waals surface area contributed by atoms with Crippen molar-refractivity contribution in [3.05, 3.63) is 22.7 Å². The molecule has 2 heterocycles. The lowest BCUT2D eigenvalue weighted by Gasteiger charge is -2.11. The van der Waals surface area contributed by atoms with Gasteiger partial charge in [0, 0.05) is 19.2 Å². The van der Waals surface area contributed by atoms with Gasteiger partial charge in [-0.2, -0.15) is 0 Å². The number of rotatable bonds is 3. The minimum atomic E-state index is 0.252. The van der Waals surface area contributed by atoms with Crippen LogP contribution in [0.25, 0.3) is 0 Å². The number of ether oxygens (including phenoxy) is 3. The Morgan fingerprint density at radius 3 is 3.12 bits per heavy atom. The van der Waals surface area contributed by atoms with Crippen molar-refractivity contribution in [3.8, 4) is 11.5 Å². The Labute approximate surface area is 105 Å². The maximum absolute atomic E-state index is 6.11. The minimum Gasteiger partial charge on any atom is -0.454 e. The number of hydrogen-bond donors (Lipinski definition) is 1. The van der Waals surface area contributed by atoms with Crippen LogP contribution in [0.4, 0.5) is 0 Å². The molecular formula is C12H14ClNO3. The van der Waals surface area contributed by atoms with Gasteiger partial charge >= 0.3 is 0 Å². The molecule has 5 heteroatoms. The first-order valence-electron chi connectivity index (χ1n) is 5.72. The second-order valence-electron chi connectivity index (χ2n) is 4.25. The third-order valence-corrected chi connectivity index (χ3v) is 3.29. The third kappa shape index (κ3) is 2.34. The fraction of sp³-hybridized carbons (Fsp3) is 0.500. The van der Waals surface area contributed by atoms with Gasteiger partial charge in [-0.25, -0.2) is 0 Å². The SMILES string of the molecule is Clc1cc(CNC2CCOC2)cc2c1OCO2. The molecule has 1 unspecified atom stereocenters. The maximum atomic E-state index is 6.11. The van der Waals surface area contributed by atoms with E-state index >= 15 is 0 Å². The van der Waals surface area contributed by atoms with E-state index in [2.05, 4.69) is 5.32 Å². The topological polar surface area (TPSA) is 39.7 Å². The lowest BCUT2D eigenvalue weighted by molar-refractivity contribution is 0.174. The minimum absolute atomic E-state index is 0.252. The van der Waals surface area contributed by atoms with Gasteiger partial charge in [-0.1, -0.05) is 11.6 Å². The molecule has 0 aromatic heterocycles. The van der Waals surface area contributed by atoms with Crippen molar-refractivity contribution in [1.82, 2.24) is 5.32 Å². The summed E-state index contributed by atoms with van der Waals surface area (Å²) in [5, 5.41) is 4.05. The van der Waals surface area contributed by atoms with Gasteiger partial charge in [0.05, 0.1) is 11.6 Å². The molecule has 1 N–H and O–H groups in total. The Kier molecular flexibility index (Phi) is 3.09. The highest BCUT2D eigenvalue weighted by Gasteiger charge is 2.19. The molecule has 2 aliphatic heterocycles. The maximum Gasteiger partial charge on any atom is 0.231 e. The summed E-state index contributed by atoms with van der Waals surface area (Å²) >= 11 is 6.11. The molecular weight excluding hydrogens is 242 g/mol. The van der Waals surface area contributed by atoms with Crippen LogP contribution in [0.15, 0.2) is 12.1 Å². The fourth-order valence-corrected chi connectivity index (χ4v) is 2.37. The molecule has 92 valence electrons.